The predicted octanol–water partition coefficient (Wildman–Crippen LogP) is -0.241. The van der Waals surface area contributed by atoms with Gasteiger partial charge >= 0.3 is 0 Å². The summed E-state index contributed by atoms with van der Waals surface area (Å²) in [6, 6.07) is 2.51. The van der Waals surface area contributed by atoms with Gasteiger partial charge in [0, 0.05) is 0 Å². The van der Waals surface area contributed by atoms with Crippen LogP contribution in [0, 0.1) is 11.3 Å². The number of hydrogen-bond acceptors (Lipinski definition) is 5. The molecule has 0 aliphatic carbocycles. The van der Waals surface area contributed by atoms with Gasteiger partial charge < -0.3 is 10.2 Å². The molecule has 0 saturated carbocycles. The summed E-state index contributed by atoms with van der Waals surface area (Å²) in [5, 5.41) is 25.5. The molecule has 50 valence electrons. The van der Waals surface area contributed by atoms with E-state index in [1.807, 2.05) is 0 Å². The fourth-order valence-electron chi connectivity index (χ4n) is 0.472. The van der Waals surface area contributed by atoms with Crippen molar-refractivity contribution in [3.05, 3.63) is 11.9 Å². The molecule has 10 heavy (non-hydrogen) atoms. The maximum atomic E-state index is 8.66. The molecule has 2 N–H and O–H groups in total. The zero-order chi connectivity index (χ0) is 7.56. The van der Waals surface area contributed by atoms with E-state index in [9.17, 15) is 0 Å². The predicted molar refractivity (Wildman–Crippen MR) is 30.1 cm³/mol. The largest absolute Gasteiger partial charge is 0.493 e. The molecule has 0 bridgehead atoms. The Labute approximate surface area is 56.2 Å². The topological polar surface area (TPSA) is 90.0 Å². The Kier molecular flexibility index (Phi) is 1.38. The first-order valence-corrected chi connectivity index (χ1v) is 2.39. The summed E-state index contributed by atoms with van der Waals surface area (Å²) < 4.78 is 0. The zero-order valence-corrected chi connectivity index (χ0v) is 4.81. The minimum Gasteiger partial charge on any atom is -0.493 e. The number of aromatic hydroxyl groups is 2. The SMILES string of the molecule is N#Cc1nc(O)cc(O)n1. The van der Waals surface area contributed by atoms with Crippen molar-refractivity contribution in [2.24, 2.45) is 0 Å². The molecule has 0 radical (unpaired) electrons. The van der Waals surface area contributed by atoms with Crippen molar-refractivity contribution in [1.82, 2.24) is 9.97 Å². The van der Waals surface area contributed by atoms with E-state index in [1.165, 1.54) is 0 Å². The van der Waals surface area contributed by atoms with E-state index in [1.54, 1.807) is 6.07 Å². The molecule has 0 amide bonds. The second-order valence-corrected chi connectivity index (χ2v) is 1.52. The van der Waals surface area contributed by atoms with Gasteiger partial charge in [-0.05, 0) is 0 Å². The Morgan fingerprint density at radius 2 is 1.80 bits per heavy atom. The van der Waals surface area contributed by atoms with Crippen molar-refractivity contribution in [2.75, 3.05) is 0 Å². The van der Waals surface area contributed by atoms with Crippen molar-refractivity contribution in [2.45, 2.75) is 0 Å². The molecule has 0 fully saturated rings. The van der Waals surface area contributed by atoms with E-state index >= 15 is 0 Å². The third-order valence-electron chi connectivity index (χ3n) is 0.799. The van der Waals surface area contributed by atoms with Crippen molar-refractivity contribution >= 4 is 0 Å². The Balaban J connectivity index is 3.22. The molecular weight excluding hydrogens is 134 g/mol. The first-order valence-electron chi connectivity index (χ1n) is 2.39. The monoisotopic (exact) mass is 137 g/mol. The van der Waals surface area contributed by atoms with Gasteiger partial charge in [0.15, 0.2) is 0 Å². The maximum absolute atomic E-state index is 8.66. The third-order valence-corrected chi connectivity index (χ3v) is 0.799. The summed E-state index contributed by atoms with van der Waals surface area (Å²) in [5.41, 5.74) is 0. The number of nitriles is 1. The van der Waals surface area contributed by atoms with Gasteiger partial charge in [0.25, 0.3) is 0 Å². The Morgan fingerprint density at radius 1 is 1.30 bits per heavy atom. The molecule has 0 spiro atoms. The van der Waals surface area contributed by atoms with Gasteiger partial charge in [-0.1, -0.05) is 0 Å². The number of nitrogens with zero attached hydrogens (tertiary/aromatic N) is 3. The summed E-state index contributed by atoms with van der Waals surface area (Å²) in [7, 11) is 0. The molecule has 0 saturated heterocycles. The fourth-order valence-corrected chi connectivity index (χ4v) is 0.472. The quantitative estimate of drug-likeness (QED) is 0.515. The molecule has 0 atom stereocenters. The standard InChI is InChI=1S/C5H3N3O2/c6-2-3-7-4(9)1-5(10)8-3/h1H,(H2,7,8,9,10). The first kappa shape index (κ1) is 6.29. The van der Waals surface area contributed by atoms with E-state index in [2.05, 4.69) is 9.97 Å². The lowest BCUT2D eigenvalue weighted by atomic mass is 10.5. The van der Waals surface area contributed by atoms with Gasteiger partial charge in [0.2, 0.25) is 17.6 Å². The molecule has 0 aromatic carbocycles. The highest BCUT2D eigenvalue weighted by Crippen LogP contribution is 2.10. The second kappa shape index (κ2) is 2.19. The van der Waals surface area contributed by atoms with Crippen molar-refractivity contribution in [3.8, 4) is 17.8 Å². The van der Waals surface area contributed by atoms with Crippen LogP contribution >= 0.6 is 0 Å². The molecule has 5 nitrogen and oxygen atoms in total. The summed E-state index contributed by atoms with van der Waals surface area (Å²) in [6.45, 7) is 0. The van der Waals surface area contributed by atoms with Crippen LogP contribution in [0.15, 0.2) is 6.07 Å². The zero-order valence-electron chi connectivity index (χ0n) is 4.81. The summed E-state index contributed by atoms with van der Waals surface area (Å²) in [6.07, 6.45) is 0. The number of rotatable bonds is 0. The van der Waals surface area contributed by atoms with Crippen molar-refractivity contribution in [3.63, 3.8) is 0 Å². The van der Waals surface area contributed by atoms with Crippen LogP contribution in [0.1, 0.15) is 5.82 Å². The van der Waals surface area contributed by atoms with E-state index in [-0.39, 0.29) is 5.82 Å². The normalized spacial score (nSPS) is 8.70. The Hall–Kier alpha value is -1.83. The van der Waals surface area contributed by atoms with E-state index in [0.717, 1.165) is 6.07 Å². The van der Waals surface area contributed by atoms with Crippen LogP contribution in [0.25, 0.3) is 0 Å². The summed E-state index contributed by atoms with van der Waals surface area (Å²) in [5.74, 6) is -1.08. The average Bonchev–Trinajstić information content (AvgIpc) is 1.85. The Morgan fingerprint density at radius 3 is 2.20 bits per heavy atom. The van der Waals surface area contributed by atoms with Crippen LogP contribution in [-0.2, 0) is 0 Å². The molecule has 0 unspecified atom stereocenters. The van der Waals surface area contributed by atoms with Crippen LogP contribution in [0.2, 0.25) is 0 Å². The van der Waals surface area contributed by atoms with Crippen LogP contribution in [0.4, 0.5) is 0 Å². The highest BCUT2D eigenvalue weighted by Gasteiger charge is 1.99. The molecule has 5 heteroatoms. The number of aromatic nitrogens is 2. The summed E-state index contributed by atoms with van der Waals surface area (Å²) in [4.78, 5) is 6.55. The van der Waals surface area contributed by atoms with E-state index in [0.29, 0.717) is 0 Å². The highest BCUT2D eigenvalue weighted by atomic mass is 16.3. The van der Waals surface area contributed by atoms with E-state index in [4.69, 9.17) is 15.5 Å². The lowest BCUT2D eigenvalue weighted by Crippen LogP contribution is -1.86. The number of hydrogen-bond donors (Lipinski definition) is 2. The highest BCUT2D eigenvalue weighted by molar-refractivity contribution is 5.23. The molecule has 0 aliphatic heterocycles. The molecular formula is C5H3N3O2. The van der Waals surface area contributed by atoms with Gasteiger partial charge in [-0.3, -0.25) is 0 Å². The molecule has 1 aromatic rings. The minimum absolute atomic E-state index is 0.252. The molecule has 1 rings (SSSR count). The molecule has 1 aromatic heterocycles. The molecule has 1 heterocycles. The van der Waals surface area contributed by atoms with Gasteiger partial charge in [-0.25, -0.2) is 0 Å². The first-order chi connectivity index (χ1) is 4.72. The second-order valence-electron chi connectivity index (χ2n) is 1.52. The smallest absolute Gasteiger partial charge is 0.238 e. The lowest BCUT2D eigenvalue weighted by molar-refractivity contribution is 0.420. The van der Waals surface area contributed by atoms with E-state index < -0.39 is 11.8 Å². The van der Waals surface area contributed by atoms with Gasteiger partial charge in [-0.15, -0.1) is 0 Å². The van der Waals surface area contributed by atoms with Gasteiger partial charge in [0.05, 0.1) is 6.07 Å². The maximum Gasteiger partial charge on any atom is 0.238 e. The van der Waals surface area contributed by atoms with Gasteiger partial charge in [-0.2, -0.15) is 15.2 Å². The lowest BCUT2D eigenvalue weighted by Gasteiger charge is -1.91. The van der Waals surface area contributed by atoms with Crippen LogP contribution in [0.3, 0.4) is 0 Å². The van der Waals surface area contributed by atoms with Crippen LogP contribution in [-0.4, -0.2) is 20.2 Å². The molecule has 0 aliphatic rings. The fraction of sp³-hybridized carbons (Fsp3) is 0. The summed E-state index contributed by atoms with van der Waals surface area (Å²) >= 11 is 0. The third kappa shape index (κ3) is 1.11. The van der Waals surface area contributed by atoms with Crippen LogP contribution < -0.4 is 0 Å². The van der Waals surface area contributed by atoms with Crippen LogP contribution in [0.5, 0.6) is 11.8 Å². The minimum atomic E-state index is -0.413. The van der Waals surface area contributed by atoms with Crippen molar-refractivity contribution in [1.29, 1.82) is 5.26 Å². The average molecular weight is 137 g/mol. The van der Waals surface area contributed by atoms with Crippen molar-refractivity contribution < 1.29 is 10.2 Å². The Bertz CT molecular complexity index is 271. The van der Waals surface area contributed by atoms with Gasteiger partial charge in [0.1, 0.15) is 6.07 Å².